The van der Waals surface area contributed by atoms with Gasteiger partial charge in [0.25, 0.3) is 5.91 Å². The molecule has 0 saturated heterocycles. The van der Waals surface area contributed by atoms with Crippen LogP contribution in [0.15, 0.2) is 42.5 Å². The van der Waals surface area contributed by atoms with Gasteiger partial charge in [-0.3, -0.25) is 9.89 Å². The fourth-order valence-electron chi connectivity index (χ4n) is 3.72. The third kappa shape index (κ3) is 3.64. The number of H-pyrrole nitrogens is 1. The van der Waals surface area contributed by atoms with E-state index in [-0.39, 0.29) is 11.7 Å². The fraction of sp³-hybridized carbons (Fsp3) is 0.238. The van der Waals surface area contributed by atoms with Crippen LogP contribution in [0.5, 0.6) is 0 Å². The van der Waals surface area contributed by atoms with Crippen LogP contribution in [-0.2, 0) is 4.74 Å². The van der Waals surface area contributed by atoms with E-state index in [4.69, 9.17) is 27.9 Å². The molecule has 2 aromatic carbocycles. The van der Waals surface area contributed by atoms with Crippen LogP contribution in [0.2, 0.25) is 10.0 Å². The summed E-state index contributed by atoms with van der Waals surface area (Å²) >= 11 is 12.4. The lowest BCUT2D eigenvalue weighted by atomic mass is 9.96. The molecule has 1 aliphatic rings. The third-order valence-corrected chi connectivity index (χ3v) is 5.51. The smallest absolute Gasteiger partial charge is 0.273 e. The van der Waals surface area contributed by atoms with Gasteiger partial charge in [0.1, 0.15) is 17.2 Å². The number of aromatic amines is 1. The number of amides is 1. The standard InChI is InChI=1S/C21H18Cl2FN3O2/c1-29-9-3-8-27-20(12-4-2-5-14(24)10-12)17-18(25-26-19(17)21(27)28)15-7-6-13(22)11-16(15)23/h2,4-7,10-11,20H,3,8-9H2,1H3,(H,25,26). The number of fused-ring (bicyclic) bond motifs is 1. The molecule has 2 heterocycles. The maximum atomic E-state index is 14.0. The molecule has 1 aliphatic heterocycles. The number of hydrogen-bond donors (Lipinski definition) is 1. The quantitative estimate of drug-likeness (QED) is 0.549. The normalized spacial score (nSPS) is 15.8. The molecule has 4 rings (SSSR count). The first-order chi connectivity index (χ1) is 14.0. The van der Waals surface area contributed by atoms with E-state index in [2.05, 4.69) is 10.2 Å². The Bertz CT molecular complexity index is 1070. The van der Waals surface area contributed by atoms with Gasteiger partial charge < -0.3 is 9.64 Å². The van der Waals surface area contributed by atoms with Crippen LogP contribution in [0.4, 0.5) is 4.39 Å². The third-order valence-electron chi connectivity index (χ3n) is 4.96. The van der Waals surface area contributed by atoms with Crippen LogP contribution in [0.1, 0.15) is 34.1 Å². The summed E-state index contributed by atoms with van der Waals surface area (Å²) in [6.45, 7) is 0.978. The summed E-state index contributed by atoms with van der Waals surface area (Å²) in [4.78, 5) is 14.8. The highest BCUT2D eigenvalue weighted by atomic mass is 35.5. The van der Waals surface area contributed by atoms with Crippen molar-refractivity contribution in [2.45, 2.75) is 12.5 Å². The number of aromatic nitrogens is 2. The molecule has 0 saturated carbocycles. The molecule has 5 nitrogen and oxygen atoms in total. The number of carbonyl (C=O) groups is 1. The van der Waals surface area contributed by atoms with Gasteiger partial charge in [-0.2, -0.15) is 5.10 Å². The zero-order valence-corrected chi connectivity index (χ0v) is 17.1. The second-order valence-electron chi connectivity index (χ2n) is 6.79. The van der Waals surface area contributed by atoms with E-state index in [0.717, 1.165) is 0 Å². The average Bonchev–Trinajstić information content (AvgIpc) is 3.22. The van der Waals surface area contributed by atoms with E-state index in [1.54, 1.807) is 42.3 Å². The number of carbonyl (C=O) groups excluding carboxylic acids is 1. The summed E-state index contributed by atoms with van der Waals surface area (Å²) in [5, 5.41) is 8.14. The van der Waals surface area contributed by atoms with E-state index in [0.29, 0.717) is 57.7 Å². The number of methoxy groups -OCH3 is 1. The molecule has 8 heteroatoms. The van der Waals surface area contributed by atoms with Gasteiger partial charge in [0, 0.05) is 36.4 Å². The molecule has 1 N–H and O–H groups in total. The number of rotatable bonds is 6. The minimum Gasteiger partial charge on any atom is -0.385 e. The van der Waals surface area contributed by atoms with Gasteiger partial charge in [-0.15, -0.1) is 0 Å². The number of hydrogen-bond acceptors (Lipinski definition) is 3. The van der Waals surface area contributed by atoms with Crippen molar-refractivity contribution < 1.29 is 13.9 Å². The van der Waals surface area contributed by atoms with Crippen LogP contribution < -0.4 is 0 Å². The molecule has 150 valence electrons. The molecule has 0 spiro atoms. The van der Waals surface area contributed by atoms with Crippen LogP contribution in [0.3, 0.4) is 0 Å². The summed E-state index contributed by atoms with van der Waals surface area (Å²) < 4.78 is 19.1. The lowest BCUT2D eigenvalue weighted by Crippen LogP contribution is -2.31. The number of benzene rings is 2. The van der Waals surface area contributed by atoms with Gasteiger partial charge in [-0.05, 0) is 42.3 Å². The predicted molar refractivity (Wildman–Crippen MR) is 110 cm³/mol. The van der Waals surface area contributed by atoms with Crippen molar-refractivity contribution in [2.24, 2.45) is 0 Å². The van der Waals surface area contributed by atoms with Crippen molar-refractivity contribution in [1.29, 1.82) is 0 Å². The highest BCUT2D eigenvalue weighted by Crippen LogP contribution is 2.44. The zero-order chi connectivity index (χ0) is 20.5. The predicted octanol–water partition coefficient (Wildman–Crippen LogP) is 5.10. The van der Waals surface area contributed by atoms with Gasteiger partial charge in [0.05, 0.1) is 11.1 Å². The van der Waals surface area contributed by atoms with Gasteiger partial charge in [-0.25, -0.2) is 4.39 Å². The Morgan fingerprint density at radius 3 is 2.79 bits per heavy atom. The average molecular weight is 434 g/mol. The van der Waals surface area contributed by atoms with E-state index in [1.807, 2.05) is 0 Å². The number of nitrogens with zero attached hydrogens (tertiary/aromatic N) is 2. The molecule has 1 aromatic heterocycles. The van der Waals surface area contributed by atoms with Crippen LogP contribution in [0, 0.1) is 5.82 Å². The molecule has 0 radical (unpaired) electrons. The Kier molecular flexibility index (Phi) is 5.58. The van der Waals surface area contributed by atoms with Crippen LogP contribution in [-0.4, -0.2) is 41.3 Å². The van der Waals surface area contributed by atoms with E-state index < -0.39 is 6.04 Å². The van der Waals surface area contributed by atoms with Gasteiger partial charge in [-0.1, -0.05) is 35.3 Å². The molecular weight excluding hydrogens is 416 g/mol. The van der Waals surface area contributed by atoms with Crippen LogP contribution >= 0.6 is 23.2 Å². The van der Waals surface area contributed by atoms with Crippen molar-refractivity contribution in [3.05, 3.63) is 75.1 Å². The van der Waals surface area contributed by atoms with E-state index in [9.17, 15) is 9.18 Å². The summed E-state index contributed by atoms with van der Waals surface area (Å²) in [5.41, 5.74) is 2.95. The van der Waals surface area contributed by atoms with E-state index in [1.165, 1.54) is 12.1 Å². The van der Waals surface area contributed by atoms with Crippen molar-refractivity contribution in [3.8, 4) is 11.3 Å². The topological polar surface area (TPSA) is 58.2 Å². The maximum Gasteiger partial charge on any atom is 0.273 e. The first-order valence-corrected chi connectivity index (χ1v) is 9.86. The van der Waals surface area contributed by atoms with Crippen molar-refractivity contribution in [3.63, 3.8) is 0 Å². The number of ether oxygens (including phenoxy) is 1. The molecule has 29 heavy (non-hydrogen) atoms. The van der Waals surface area contributed by atoms with Crippen molar-refractivity contribution >= 4 is 29.1 Å². The largest absolute Gasteiger partial charge is 0.385 e. The summed E-state index contributed by atoms with van der Waals surface area (Å²) in [6.07, 6.45) is 0.656. The molecule has 0 bridgehead atoms. The summed E-state index contributed by atoms with van der Waals surface area (Å²) in [6, 6.07) is 10.9. The molecule has 3 aromatic rings. The Morgan fingerprint density at radius 2 is 2.07 bits per heavy atom. The molecule has 0 aliphatic carbocycles. The summed E-state index contributed by atoms with van der Waals surface area (Å²) in [7, 11) is 1.61. The number of nitrogens with one attached hydrogen (secondary N) is 1. The number of halogens is 3. The van der Waals surface area contributed by atoms with Crippen molar-refractivity contribution in [2.75, 3.05) is 20.3 Å². The second-order valence-corrected chi connectivity index (χ2v) is 7.63. The molecule has 1 atom stereocenters. The van der Waals surface area contributed by atoms with Crippen molar-refractivity contribution in [1.82, 2.24) is 15.1 Å². The Morgan fingerprint density at radius 1 is 1.24 bits per heavy atom. The second kappa shape index (κ2) is 8.14. The first-order valence-electron chi connectivity index (χ1n) is 9.10. The molecule has 1 unspecified atom stereocenters. The molecular formula is C21H18Cl2FN3O2. The Hall–Kier alpha value is -2.41. The lowest BCUT2D eigenvalue weighted by molar-refractivity contribution is 0.0723. The Labute approximate surface area is 177 Å². The molecule has 0 fully saturated rings. The van der Waals surface area contributed by atoms with Gasteiger partial charge in [0.2, 0.25) is 0 Å². The highest BCUT2D eigenvalue weighted by Gasteiger charge is 2.42. The monoisotopic (exact) mass is 433 g/mol. The molecule has 1 amide bonds. The minimum atomic E-state index is -0.481. The fourth-order valence-corrected chi connectivity index (χ4v) is 4.21. The Balaban J connectivity index is 1.85. The first kappa shape index (κ1) is 19.9. The van der Waals surface area contributed by atoms with Crippen LogP contribution in [0.25, 0.3) is 11.3 Å². The zero-order valence-electron chi connectivity index (χ0n) is 15.6. The summed E-state index contributed by atoms with van der Waals surface area (Å²) in [5.74, 6) is -0.552. The van der Waals surface area contributed by atoms with Gasteiger partial charge >= 0.3 is 0 Å². The minimum absolute atomic E-state index is 0.186. The van der Waals surface area contributed by atoms with E-state index >= 15 is 0 Å². The van der Waals surface area contributed by atoms with Gasteiger partial charge in [0.15, 0.2) is 0 Å². The maximum absolute atomic E-state index is 14.0. The highest BCUT2D eigenvalue weighted by molar-refractivity contribution is 6.36. The SMILES string of the molecule is COCCCN1C(=O)c2[nH]nc(-c3ccc(Cl)cc3Cl)c2C1c1cccc(F)c1. The lowest BCUT2D eigenvalue weighted by Gasteiger charge is -2.26.